The van der Waals surface area contributed by atoms with E-state index >= 15 is 0 Å². The molecule has 0 rings (SSSR count). The van der Waals surface area contributed by atoms with Crippen LogP contribution in [0, 0.1) is 0 Å². The number of carbonyl (C=O) groups excluding carboxylic acids is 2. The van der Waals surface area contributed by atoms with Crippen LogP contribution in [0.3, 0.4) is 0 Å². The molecule has 0 aliphatic rings. The zero-order chi connectivity index (χ0) is 27.1. The molecule has 0 aromatic heterocycles. The number of rotatable bonds is 30. The molecule has 220 valence electrons. The minimum atomic E-state index is -0.143. The van der Waals surface area contributed by atoms with Crippen molar-refractivity contribution in [3.63, 3.8) is 0 Å². The number of esters is 2. The van der Waals surface area contributed by atoms with Crippen LogP contribution in [-0.2, 0) is 28.5 Å². The van der Waals surface area contributed by atoms with Gasteiger partial charge in [0.2, 0.25) is 0 Å². The summed E-state index contributed by atoms with van der Waals surface area (Å²) in [5, 5.41) is 0. The van der Waals surface area contributed by atoms with Crippen molar-refractivity contribution in [3.05, 3.63) is 0 Å². The molecule has 0 radical (unpaired) electrons. The van der Waals surface area contributed by atoms with Gasteiger partial charge in [-0.3, -0.25) is 9.59 Å². The van der Waals surface area contributed by atoms with Crippen LogP contribution in [0.4, 0.5) is 0 Å². The van der Waals surface area contributed by atoms with E-state index in [4.69, 9.17) is 18.9 Å². The van der Waals surface area contributed by atoms with Gasteiger partial charge in [0.1, 0.15) is 13.2 Å². The summed E-state index contributed by atoms with van der Waals surface area (Å²) >= 11 is 0. The second kappa shape index (κ2) is 31.1. The van der Waals surface area contributed by atoms with E-state index in [0.29, 0.717) is 39.3 Å². The van der Waals surface area contributed by atoms with Crippen LogP contribution in [0.1, 0.15) is 149 Å². The number of hydrogen-bond acceptors (Lipinski definition) is 6. The molecule has 6 heteroatoms. The quantitative estimate of drug-likeness (QED) is 0.0689. The molecule has 0 heterocycles. The highest BCUT2D eigenvalue weighted by atomic mass is 16.6. The molecule has 0 atom stereocenters. The highest BCUT2D eigenvalue weighted by Crippen LogP contribution is 2.13. The molecule has 0 spiro atoms. The maximum Gasteiger partial charge on any atom is 0.305 e. The Morgan fingerprint density at radius 2 is 0.649 bits per heavy atom. The van der Waals surface area contributed by atoms with Gasteiger partial charge in [-0.2, -0.15) is 0 Å². The molecule has 0 aliphatic carbocycles. The summed E-state index contributed by atoms with van der Waals surface area (Å²) in [7, 11) is 0. The summed E-state index contributed by atoms with van der Waals surface area (Å²) in [5.41, 5.74) is 0. The summed E-state index contributed by atoms with van der Waals surface area (Å²) in [6.45, 7) is 6.65. The van der Waals surface area contributed by atoms with Gasteiger partial charge in [0.05, 0.1) is 26.4 Å². The van der Waals surface area contributed by atoms with E-state index in [1.54, 1.807) is 0 Å². The first-order chi connectivity index (χ1) is 18.2. The fourth-order valence-corrected chi connectivity index (χ4v) is 4.23. The van der Waals surface area contributed by atoms with E-state index in [0.717, 1.165) is 25.7 Å². The average molecular weight is 529 g/mol. The number of hydrogen-bond donors (Lipinski definition) is 0. The Kier molecular flexibility index (Phi) is 30.1. The average Bonchev–Trinajstić information content (AvgIpc) is 2.89. The van der Waals surface area contributed by atoms with Gasteiger partial charge in [0, 0.05) is 12.8 Å². The van der Waals surface area contributed by atoms with Crippen molar-refractivity contribution in [2.24, 2.45) is 0 Å². The van der Waals surface area contributed by atoms with Crippen LogP contribution < -0.4 is 0 Å². The van der Waals surface area contributed by atoms with Crippen LogP contribution in [-0.4, -0.2) is 51.6 Å². The zero-order valence-electron chi connectivity index (χ0n) is 24.5. The van der Waals surface area contributed by atoms with Gasteiger partial charge in [-0.15, -0.1) is 0 Å². The van der Waals surface area contributed by atoms with Crippen molar-refractivity contribution in [2.45, 2.75) is 149 Å². The van der Waals surface area contributed by atoms with Crippen molar-refractivity contribution in [1.82, 2.24) is 0 Å². The molecule has 0 aliphatic heterocycles. The van der Waals surface area contributed by atoms with Gasteiger partial charge in [0.25, 0.3) is 0 Å². The Morgan fingerprint density at radius 1 is 0.378 bits per heavy atom. The van der Waals surface area contributed by atoms with Crippen LogP contribution in [0.15, 0.2) is 0 Å². The van der Waals surface area contributed by atoms with Gasteiger partial charge < -0.3 is 18.9 Å². The second-order valence-corrected chi connectivity index (χ2v) is 10.2. The Balaban J connectivity index is 3.22. The number of carbonyl (C=O) groups is 2. The van der Waals surface area contributed by atoms with E-state index in [9.17, 15) is 9.59 Å². The molecule has 6 nitrogen and oxygen atoms in total. The molecule has 0 saturated carbocycles. The Bertz CT molecular complexity index is 482. The Hall–Kier alpha value is -1.14. The largest absolute Gasteiger partial charge is 0.463 e. The van der Waals surface area contributed by atoms with E-state index in [-0.39, 0.29) is 25.2 Å². The molecule has 0 aromatic rings. The Labute approximate surface area is 228 Å². The maximum atomic E-state index is 11.8. The Morgan fingerprint density at radius 3 is 0.973 bits per heavy atom. The van der Waals surface area contributed by atoms with E-state index in [1.165, 1.54) is 96.3 Å². The lowest BCUT2D eigenvalue weighted by Gasteiger charge is -2.08. The van der Waals surface area contributed by atoms with Gasteiger partial charge >= 0.3 is 11.9 Å². The van der Waals surface area contributed by atoms with Crippen LogP contribution in [0.25, 0.3) is 0 Å². The normalized spacial score (nSPS) is 11.1. The van der Waals surface area contributed by atoms with Gasteiger partial charge in [-0.05, 0) is 12.8 Å². The first-order valence-electron chi connectivity index (χ1n) is 15.7. The fourth-order valence-electron chi connectivity index (χ4n) is 4.23. The molecule has 0 bridgehead atoms. The smallest absolute Gasteiger partial charge is 0.305 e. The summed E-state index contributed by atoms with van der Waals surface area (Å²) in [6.07, 6.45) is 24.8. The van der Waals surface area contributed by atoms with Crippen LogP contribution >= 0.6 is 0 Å². The summed E-state index contributed by atoms with van der Waals surface area (Å²) in [4.78, 5) is 23.4. The van der Waals surface area contributed by atoms with E-state index in [1.807, 2.05) is 0 Å². The van der Waals surface area contributed by atoms with E-state index < -0.39 is 0 Å². The van der Waals surface area contributed by atoms with Crippen molar-refractivity contribution >= 4 is 11.9 Å². The fraction of sp³-hybridized carbons (Fsp3) is 0.935. The van der Waals surface area contributed by atoms with Crippen LogP contribution in [0.2, 0.25) is 0 Å². The van der Waals surface area contributed by atoms with Crippen molar-refractivity contribution < 1.29 is 28.5 Å². The monoisotopic (exact) mass is 528 g/mol. The van der Waals surface area contributed by atoms with Crippen molar-refractivity contribution in [1.29, 1.82) is 0 Å². The highest BCUT2D eigenvalue weighted by molar-refractivity contribution is 5.69. The molecule has 0 unspecified atom stereocenters. The van der Waals surface area contributed by atoms with Crippen molar-refractivity contribution in [2.75, 3.05) is 39.6 Å². The third-order valence-corrected chi connectivity index (χ3v) is 6.57. The first-order valence-corrected chi connectivity index (χ1v) is 15.7. The zero-order valence-corrected chi connectivity index (χ0v) is 24.5. The lowest BCUT2D eigenvalue weighted by molar-refractivity contribution is -0.147. The number of ether oxygens (including phenoxy) is 4. The van der Waals surface area contributed by atoms with Crippen LogP contribution in [0.5, 0.6) is 0 Å². The summed E-state index contributed by atoms with van der Waals surface area (Å²) in [5.74, 6) is -0.276. The van der Waals surface area contributed by atoms with Gasteiger partial charge in [0.15, 0.2) is 0 Å². The van der Waals surface area contributed by atoms with Gasteiger partial charge in [-0.25, -0.2) is 0 Å². The van der Waals surface area contributed by atoms with Gasteiger partial charge in [-0.1, -0.05) is 123 Å². The topological polar surface area (TPSA) is 71.1 Å². The van der Waals surface area contributed by atoms with Crippen molar-refractivity contribution in [3.8, 4) is 0 Å². The predicted octanol–water partition coefficient (Wildman–Crippen LogP) is 8.34. The molecule has 0 amide bonds. The summed E-state index contributed by atoms with van der Waals surface area (Å²) in [6, 6.07) is 0. The lowest BCUT2D eigenvalue weighted by Crippen LogP contribution is -2.15. The molecular weight excluding hydrogens is 468 g/mol. The minimum absolute atomic E-state index is 0.134. The third kappa shape index (κ3) is 31.0. The lowest BCUT2D eigenvalue weighted by atomic mass is 10.0. The predicted molar refractivity (Wildman–Crippen MR) is 152 cm³/mol. The summed E-state index contributed by atoms with van der Waals surface area (Å²) < 4.78 is 21.2. The first kappa shape index (κ1) is 35.9. The molecule has 0 fully saturated rings. The molecule has 0 saturated heterocycles. The number of unbranched alkanes of at least 4 members (excludes halogenated alkanes) is 17. The molecule has 0 N–H and O–H groups in total. The second-order valence-electron chi connectivity index (χ2n) is 10.2. The maximum absolute atomic E-state index is 11.8. The third-order valence-electron chi connectivity index (χ3n) is 6.57. The highest BCUT2D eigenvalue weighted by Gasteiger charge is 2.04. The molecule has 37 heavy (non-hydrogen) atoms. The standard InChI is InChI=1S/C31H60O6/c1-3-5-7-9-11-12-13-14-15-16-17-19-21-23-31(33)37-29-27-35-25-24-34-26-28-36-30(32)22-20-18-10-8-6-4-2/h3-29H2,1-2H3. The molecule has 0 aromatic carbocycles. The van der Waals surface area contributed by atoms with E-state index in [2.05, 4.69) is 13.8 Å². The SMILES string of the molecule is CCCCCCCCCCCCCCCC(=O)OCCOCCOCCOC(=O)CCCCCCCC. The minimum Gasteiger partial charge on any atom is -0.463 e. The molecular formula is C31H60O6.